The molecule has 2 unspecified atom stereocenters. The van der Waals surface area contributed by atoms with E-state index < -0.39 is 13.9 Å². The summed E-state index contributed by atoms with van der Waals surface area (Å²) in [6.07, 6.45) is 43.5. The number of phosphoric ester groups is 1. The van der Waals surface area contributed by atoms with Crippen molar-refractivity contribution >= 4 is 13.8 Å². The van der Waals surface area contributed by atoms with Crippen LogP contribution in [0.15, 0.2) is 72.9 Å². The van der Waals surface area contributed by atoms with Crippen LogP contribution in [-0.4, -0.2) is 49.9 Å². The predicted octanol–water partition coefficient (Wildman–Crippen LogP) is 10.4. The van der Waals surface area contributed by atoms with Crippen LogP contribution in [0.3, 0.4) is 0 Å². The highest BCUT2D eigenvalue weighted by Gasteiger charge is 2.25. The molecule has 0 radical (unpaired) electrons. The molecule has 0 aliphatic carbocycles. The van der Waals surface area contributed by atoms with Gasteiger partial charge in [0.05, 0.1) is 19.8 Å². The van der Waals surface area contributed by atoms with Crippen LogP contribution in [0.2, 0.25) is 0 Å². The van der Waals surface area contributed by atoms with E-state index >= 15 is 0 Å². The zero-order valence-electron chi connectivity index (χ0n) is 30.2. The normalized spacial score (nSPS) is 14.5. The summed E-state index contributed by atoms with van der Waals surface area (Å²) in [4.78, 5) is 22.3. The van der Waals surface area contributed by atoms with Gasteiger partial charge in [0, 0.05) is 19.6 Å². The number of phosphoric acid groups is 1. The number of nitrogens with two attached hydrogens (primary N) is 1. The van der Waals surface area contributed by atoms with Gasteiger partial charge in [0.15, 0.2) is 0 Å². The van der Waals surface area contributed by atoms with Crippen LogP contribution in [0.25, 0.3) is 0 Å². The third-order valence-electron chi connectivity index (χ3n) is 7.11. The molecule has 0 amide bonds. The minimum absolute atomic E-state index is 0.0685. The lowest BCUT2D eigenvalue weighted by Crippen LogP contribution is -2.28. The molecule has 0 aliphatic rings. The largest absolute Gasteiger partial charge is 0.472 e. The van der Waals surface area contributed by atoms with Crippen LogP contribution in [0, 0.1) is 0 Å². The van der Waals surface area contributed by atoms with Crippen LogP contribution in [-0.2, 0) is 27.9 Å². The van der Waals surface area contributed by atoms with Crippen molar-refractivity contribution in [2.45, 2.75) is 136 Å². The molecule has 0 aliphatic heterocycles. The van der Waals surface area contributed by atoms with E-state index in [2.05, 4.69) is 86.8 Å². The first kappa shape index (κ1) is 45.9. The summed E-state index contributed by atoms with van der Waals surface area (Å²) in [6.45, 7) is 4.57. The number of carbonyl (C=O) groups is 1. The Kier molecular flexibility index (Phi) is 34.7. The standard InChI is InChI=1S/C39H68NO7P/c1-3-5-7-9-11-13-15-17-19-20-22-24-26-28-30-32-39(41)47-38(37-46-48(42,43)45-35-33-40)36-44-34-31-29-27-25-23-21-18-16-14-12-10-8-6-4-2/h6,8,11-14,17-19,21,25,27,38H,3-5,7,9-10,15-16,20,22-24,26,28-37,40H2,1-2H3,(H,42,43)/b8-6-,13-11-,14-12-,19-17-,21-18-,27-25-. The van der Waals surface area contributed by atoms with Crippen LogP contribution in [0.5, 0.6) is 0 Å². The lowest BCUT2D eigenvalue weighted by molar-refractivity contribution is -0.154. The number of allylic oxidation sites excluding steroid dienone is 12. The molecule has 0 fully saturated rings. The summed E-state index contributed by atoms with van der Waals surface area (Å²) in [5, 5.41) is 0. The van der Waals surface area contributed by atoms with Crippen molar-refractivity contribution in [1.82, 2.24) is 0 Å². The van der Waals surface area contributed by atoms with E-state index in [1.54, 1.807) is 0 Å². The second kappa shape index (κ2) is 36.2. The van der Waals surface area contributed by atoms with Gasteiger partial charge < -0.3 is 20.1 Å². The van der Waals surface area contributed by atoms with Gasteiger partial charge in [-0.1, -0.05) is 119 Å². The second-order valence-electron chi connectivity index (χ2n) is 11.7. The molecule has 0 aromatic carbocycles. The maximum absolute atomic E-state index is 12.5. The Morgan fingerprint density at radius 2 is 1.17 bits per heavy atom. The Hall–Kier alpha value is -2.06. The predicted molar refractivity (Wildman–Crippen MR) is 201 cm³/mol. The van der Waals surface area contributed by atoms with Crippen molar-refractivity contribution < 1.29 is 32.8 Å². The summed E-state index contributed by atoms with van der Waals surface area (Å²) in [5.74, 6) is -0.367. The van der Waals surface area contributed by atoms with Crippen molar-refractivity contribution in [3.05, 3.63) is 72.9 Å². The minimum Gasteiger partial charge on any atom is -0.457 e. The lowest BCUT2D eigenvalue weighted by atomic mass is 10.1. The highest BCUT2D eigenvalue weighted by molar-refractivity contribution is 7.47. The molecule has 276 valence electrons. The fraction of sp³-hybridized carbons (Fsp3) is 0.667. The van der Waals surface area contributed by atoms with E-state index in [4.69, 9.17) is 24.3 Å². The summed E-state index contributed by atoms with van der Waals surface area (Å²) in [7, 11) is -4.29. The van der Waals surface area contributed by atoms with Gasteiger partial charge >= 0.3 is 13.8 Å². The molecular formula is C39H68NO7P. The minimum atomic E-state index is -4.29. The molecule has 2 atom stereocenters. The molecule has 0 aromatic heterocycles. The van der Waals surface area contributed by atoms with Gasteiger partial charge in [-0.25, -0.2) is 4.57 Å². The topological polar surface area (TPSA) is 117 Å². The second-order valence-corrected chi connectivity index (χ2v) is 13.2. The van der Waals surface area contributed by atoms with Crippen LogP contribution >= 0.6 is 7.82 Å². The van der Waals surface area contributed by atoms with Crippen molar-refractivity contribution in [1.29, 1.82) is 0 Å². The van der Waals surface area contributed by atoms with E-state index in [9.17, 15) is 14.3 Å². The quantitative estimate of drug-likeness (QED) is 0.0296. The van der Waals surface area contributed by atoms with Gasteiger partial charge in [-0.15, -0.1) is 0 Å². The van der Waals surface area contributed by atoms with Crippen LogP contribution in [0.1, 0.15) is 129 Å². The Labute approximate surface area is 293 Å². The van der Waals surface area contributed by atoms with Crippen LogP contribution < -0.4 is 5.73 Å². The smallest absolute Gasteiger partial charge is 0.457 e. The maximum atomic E-state index is 12.5. The van der Waals surface area contributed by atoms with Crippen molar-refractivity contribution in [2.75, 3.05) is 33.0 Å². The Morgan fingerprint density at radius 1 is 0.646 bits per heavy atom. The van der Waals surface area contributed by atoms with Crippen molar-refractivity contribution in [3.8, 4) is 0 Å². The number of ether oxygens (including phenoxy) is 2. The average molecular weight is 694 g/mol. The SMILES string of the molecule is CC/C=C\C/C=C\C/C=C\C/C=C\CCCOCC(COP(=O)(O)OCCN)OC(=O)CCCCCCC/C=C\C/C=C\CCCCC. The Morgan fingerprint density at radius 3 is 1.75 bits per heavy atom. The summed E-state index contributed by atoms with van der Waals surface area (Å²) in [5.41, 5.74) is 5.34. The zero-order valence-corrected chi connectivity index (χ0v) is 31.1. The van der Waals surface area contributed by atoms with E-state index in [-0.39, 0.29) is 38.8 Å². The summed E-state index contributed by atoms with van der Waals surface area (Å²) < 4.78 is 33.2. The number of hydrogen-bond donors (Lipinski definition) is 2. The van der Waals surface area contributed by atoms with Gasteiger partial charge in [-0.05, 0) is 77.0 Å². The van der Waals surface area contributed by atoms with Gasteiger partial charge in [-0.3, -0.25) is 13.8 Å². The molecule has 8 nitrogen and oxygen atoms in total. The lowest BCUT2D eigenvalue weighted by Gasteiger charge is -2.20. The number of rotatable bonds is 34. The van der Waals surface area contributed by atoms with E-state index in [1.807, 2.05) is 0 Å². The molecule has 0 spiro atoms. The molecular weight excluding hydrogens is 625 g/mol. The molecule has 0 rings (SSSR count). The Bertz CT molecular complexity index is 958. The molecule has 0 heterocycles. The average Bonchev–Trinajstić information content (AvgIpc) is 3.07. The highest BCUT2D eigenvalue weighted by atomic mass is 31.2. The summed E-state index contributed by atoms with van der Waals surface area (Å²) >= 11 is 0. The number of hydrogen-bond acceptors (Lipinski definition) is 7. The molecule has 48 heavy (non-hydrogen) atoms. The van der Waals surface area contributed by atoms with Crippen molar-refractivity contribution in [3.63, 3.8) is 0 Å². The molecule has 3 N–H and O–H groups in total. The third-order valence-corrected chi connectivity index (χ3v) is 8.09. The Balaban J connectivity index is 4.25. The summed E-state index contributed by atoms with van der Waals surface area (Å²) in [6, 6.07) is 0. The number of esters is 1. The van der Waals surface area contributed by atoms with Crippen LogP contribution in [0.4, 0.5) is 0 Å². The van der Waals surface area contributed by atoms with Gasteiger partial charge in [0.2, 0.25) is 0 Å². The monoisotopic (exact) mass is 693 g/mol. The van der Waals surface area contributed by atoms with Gasteiger partial charge in [-0.2, -0.15) is 0 Å². The molecule has 0 saturated carbocycles. The molecule has 9 heteroatoms. The van der Waals surface area contributed by atoms with E-state index in [0.717, 1.165) is 83.5 Å². The third kappa shape index (κ3) is 35.3. The molecule has 0 aromatic rings. The first-order valence-corrected chi connectivity index (χ1v) is 19.9. The van der Waals surface area contributed by atoms with Gasteiger partial charge in [0.1, 0.15) is 6.10 Å². The molecule has 0 saturated heterocycles. The first-order chi connectivity index (χ1) is 23.4. The number of unbranched alkanes of at least 4 members (excludes halogenated alkanes) is 9. The fourth-order valence-corrected chi connectivity index (χ4v) is 5.21. The van der Waals surface area contributed by atoms with E-state index in [1.165, 1.54) is 25.7 Å². The fourth-order valence-electron chi connectivity index (χ4n) is 4.44. The number of carbonyl (C=O) groups excluding carboxylic acids is 1. The first-order valence-electron chi connectivity index (χ1n) is 18.4. The zero-order chi connectivity index (χ0) is 35.2. The van der Waals surface area contributed by atoms with E-state index in [0.29, 0.717) is 6.61 Å². The van der Waals surface area contributed by atoms with Gasteiger partial charge in [0.25, 0.3) is 0 Å². The van der Waals surface area contributed by atoms with Crippen molar-refractivity contribution in [2.24, 2.45) is 5.73 Å². The highest BCUT2D eigenvalue weighted by Crippen LogP contribution is 2.43. The molecule has 0 bridgehead atoms. The maximum Gasteiger partial charge on any atom is 0.472 e.